The van der Waals surface area contributed by atoms with Gasteiger partial charge in [-0.2, -0.15) is 0 Å². The van der Waals surface area contributed by atoms with Crippen molar-refractivity contribution < 1.29 is 14.3 Å². The van der Waals surface area contributed by atoms with E-state index in [9.17, 15) is 4.79 Å². The number of imidazole rings is 1. The van der Waals surface area contributed by atoms with Crippen molar-refractivity contribution in [3.8, 4) is 11.5 Å². The molecule has 6 nitrogen and oxygen atoms in total. The highest BCUT2D eigenvalue weighted by atomic mass is 79.9. The monoisotopic (exact) mass is 431 g/mol. The van der Waals surface area contributed by atoms with Crippen LogP contribution in [-0.4, -0.2) is 35.6 Å². The van der Waals surface area contributed by atoms with Gasteiger partial charge in [-0.15, -0.1) is 0 Å². The fourth-order valence-corrected chi connectivity index (χ4v) is 3.50. The van der Waals surface area contributed by atoms with Gasteiger partial charge in [0.15, 0.2) is 5.65 Å². The van der Waals surface area contributed by atoms with Crippen molar-refractivity contribution in [1.29, 1.82) is 0 Å². The number of aryl methyl sites for hydroxylation is 2. The number of amides is 1. The maximum atomic E-state index is 12.8. The largest absolute Gasteiger partial charge is 0.497 e. The van der Waals surface area contributed by atoms with E-state index in [0.717, 1.165) is 32.9 Å². The first-order valence-corrected chi connectivity index (χ1v) is 9.55. The summed E-state index contributed by atoms with van der Waals surface area (Å²) in [5.41, 5.74) is 3.14. The molecule has 0 radical (unpaired) electrons. The SMILES string of the molecule is CCc1nc2c(Br)cc(C)cn2c1C(=O)NCCOc1ccc(OC)cc1. The molecule has 1 aromatic carbocycles. The topological polar surface area (TPSA) is 64.9 Å². The number of hydrogen-bond acceptors (Lipinski definition) is 4. The van der Waals surface area contributed by atoms with Crippen LogP contribution < -0.4 is 14.8 Å². The predicted molar refractivity (Wildman–Crippen MR) is 108 cm³/mol. The first-order chi connectivity index (χ1) is 13.0. The minimum absolute atomic E-state index is 0.157. The molecule has 0 saturated carbocycles. The van der Waals surface area contributed by atoms with Crippen LogP contribution >= 0.6 is 15.9 Å². The molecule has 0 atom stereocenters. The first-order valence-electron chi connectivity index (χ1n) is 8.75. The van der Waals surface area contributed by atoms with E-state index in [4.69, 9.17) is 9.47 Å². The number of halogens is 1. The molecular weight excluding hydrogens is 410 g/mol. The summed E-state index contributed by atoms with van der Waals surface area (Å²) in [5, 5.41) is 2.92. The van der Waals surface area contributed by atoms with E-state index in [1.165, 1.54) is 0 Å². The Labute approximate surface area is 166 Å². The van der Waals surface area contributed by atoms with Gasteiger partial charge in [0.1, 0.15) is 23.8 Å². The Balaban J connectivity index is 1.67. The van der Waals surface area contributed by atoms with E-state index in [1.807, 2.05) is 54.8 Å². The number of benzene rings is 1. The van der Waals surface area contributed by atoms with E-state index in [2.05, 4.69) is 26.2 Å². The third-order valence-electron chi connectivity index (χ3n) is 4.15. The third-order valence-corrected chi connectivity index (χ3v) is 4.73. The summed E-state index contributed by atoms with van der Waals surface area (Å²) in [5.74, 6) is 1.35. The molecule has 0 bridgehead atoms. The number of carbonyl (C=O) groups is 1. The number of hydrogen-bond donors (Lipinski definition) is 1. The molecule has 1 amide bonds. The van der Waals surface area contributed by atoms with Crippen molar-refractivity contribution >= 4 is 27.5 Å². The lowest BCUT2D eigenvalue weighted by Gasteiger charge is -2.09. The van der Waals surface area contributed by atoms with Crippen LogP contribution in [0.3, 0.4) is 0 Å². The number of rotatable bonds is 7. The van der Waals surface area contributed by atoms with Crippen LogP contribution in [0.15, 0.2) is 41.0 Å². The summed E-state index contributed by atoms with van der Waals surface area (Å²) < 4.78 is 13.5. The molecule has 2 aromatic heterocycles. The number of nitrogens with zero attached hydrogens (tertiary/aromatic N) is 2. The maximum Gasteiger partial charge on any atom is 0.270 e. The normalized spacial score (nSPS) is 10.8. The van der Waals surface area contributed by atoms with Crippen LogP contribution in [0.5, 0.6) is 11.5 Å². The molecule has 3 rings (SSSR count). The highest BCUT2D eigenvalue weighted by Crippen LogP contribution is 2.23. The number of nitrogens with one attached hydrogen (secondary N) is 1. The molecule has 27 heavy (non-hydrogen) atoms. The molecule has 7 heteroatoms. The quantitative estimate of drug-likeness (QED) is 0.578. The molecule has 0 aliphatic heterocycles. The van der Waals surface area contributed by atoms with E-state index in [-0.39, 0.29) is 5.91 Å². The van der Waals surface area contributed by atoms with Gasteiger partial charge in [-0.25, -0.2) is 4.98 Å². The maximum absolute atomic E-state index is 12.8. The van der Waals surface area contributed by atoms with E-state index >= 15 is 0 Å². The summed E-state index contributed by atoms with van der Waals surface area (Å²) in [7, 11) is 1.62. The van der Waals surface area contributed by atoms with Crippen LogP contribution in [-0.2, 0) is 6.42 Å². The molecule has 0 saturated heterocycles. The van der Waals surface area contributed by atoms with E-state index < -0.39 is 0 Å². The highest BCUT2D eigenvalue weighted by Gasteiger charge is 2.19. The number of aromatic nitrogens is 2. The summed E-state index contributed by atoms with van der Waals surface area (Å²) >= 11 is 3.53. The highest BCUT2D eigenvalue weighted by molar-refractivity contribution is 9.10. The van der Waals surface area contributed by atoms with Crippen molar-refractivity contribution in [2.24, 2.45) is 0 Å². The summed E-state index contributed by atoms with van der Waals surface area (Å²) in [6, 6.07) is 9.33. The average Bonchev–Trinajstić information content (AvgIpc) is 3.04. The molecule has 0 aliphatic rings. The van der Waals surface area contributed by atoms with Gasteiger partial charge in [-0.05, 0) is 65.2 Å². The van der Waals surface area contributed by atoms with Crippen LogP contribution in [0.1, 0.15) is 28.7 Å². The summed E-state index contributed by atoms with van der Waals surface area (Å²) in [6.07, 6.45) is 2.60. The number of pyridine rings is 1. The number of fused-ring (bicyclic) bond motifs is 1. The Morgan fingerprint density at radius 2 is 1.96 bits per heavy atom. The molecular formula is C20H22BrN3O3. The van der Waals surface area contributed by atoms with Gasteiger partial charge in [0.05, 0.1) is 23.8 Å². The van der Waals surface area contributed by atoms with E-state index in [0.29, 0.717) is 25.3 Å². The Bertz CT molecular complexity index is 951. The lowest BCUT2D eigenvalue weighted by molar-refractivity contribution is 0.0940. The van der Waals surface area contributed by atoms with Crippen molar-refractivity contribution in [3.05, 3.63) is 58.0 Å². The fourth-order valence-electron chi connectivity index (χ4n) is 2.86. The summed E-state index contributed by atoms with van der Waals surface area (Å²) in [6.45, 7) is 4.75. The van der Waals surface area contributed by atoms with Crippen LogP contribution in [0.4, 0.5) is 0 Å². The van der Waals surface area contributed by atoms with Gasteiger partial charge in [-0.3, -0.25) is 9.20 Å². The van der Waals surface area contributed by atoms with Gasteiger partial charge < -0.3 is 14.8 Å². The first kappa shape index (κ1) is 19.2. The third kappa shape index (κ3) is 4.24. The number of carbonyl (C=O) groups excluding carboxylic acids is 1. The molecule has 0 fully saturated rings. The minimum Gasteiger partial charge on any atom is -0.497 e. The Morgan fingerprint density at radius 3 is 2.63 bits per heavy atom. The second kappa shape index (κ2) is 8.43. The predicted octanol–water partition coefficient (Wildman–Crippen LogP) is 3.79. The molecule has 2 heterocycles. The van der Waals surface area contributed by atoms with Crippen molar-refractivity contribution in [2.45, 2.75) is 20.3 Å². The van der Waals surface area contributed by atoms with Gasteiger partial charge in [0.25, 0.3) is 5.91 Å². The molecule has 1 N–H and O–H groups in total. The zero-order chi connectivity index (χ0) is 19.4. The molecule has 142 valence electrons. The van der Waals surface area contributed by atoms with Crippen molar-refractivity contribution in [3.63, 3.8) is 0 Å². The number of methoxy groups -OCH3 is 1. The average molecular weight is 432 g/mol. The van der Waals surface area contributed by atoms with Gasteiger partial charge in [-0.1, -0.05) is 6.92 Å². The molecule has 0 spiro atoms. The second-order valence-electron chi connectivity index (χ2n) is 6.10. The lowest BCUT2D eigenvalue weighted by atomic mass is 10.2. The summed E-state index contributed by atoms with van der Waals surface area (Å²) in [4.78, 5) is 17.4. The lowest BCUT2D eigenvalue weighted by Crippen LogP contribution is -2.29. The van der Waals surface area contributed by atoms with Crippen LogP contribution in [0.2, 0.25) is 0 Å². The van der Waals surface area contributed by atoms with Crippen molar-refractivity contribution in [2.75, 3.05) is 20.3 Å². The molecule has 0 aliphatic carbocycles. The Morgan fingerprint density at radius 1 is 1.26 bits per heavy atom. The second-order valence-corrected chi connectivity index (χ2v) is 6.95. The standard InChI is InChI=1S/C20H22BrN3O3/c1-4-17-18(24-12-13(2)11-16(21)19(24)23-17)20(25)22-9-10-27-15-7-5-14(26-3)6-8-15/h5-8,11-12H,4,9-10H2,1-3H3,(H,22,25). The van der Waals surface area contributed by atoms with Gasteiger partial charge in [0, 0.05) is 6.20 Å². The Hall–Kier alpha value is -2.54. The smallest absolute Gasteiger partial charge is 0.270 e. The molecule has 0 unspecified atom stereocenters. The number of ether oxygens (including phenoxy) is 2. The van der Waals surface area contributed by atoms with E-state index in [1.54, 1.807) is 7.11 Å². The fraction of sp³-hybridized carbons (Fsp3) is 0.300. The van der Waals surface area contributed by atoms with Gasteiger partial charge >= 0.3 is 0 Å². The minimum atomic E-state index is -0.157. The van der Waals surface area contributed by atoms with Crippen molar-refractivity contribution in [1.82, 2.24) is 14.7 Å². The van der Waals surface area contributed by atoms with Crippen LogP contribution in [0.25, 0.3) is 5.65 Å². The van der Waals surface area contributed by atoms with Crippen LogP contribution in [0, 0.1) is 6.92 Å². The zero-order valence-electron chi connectivity index (χ0n) is 15.6. The molecule has 3 aromatic rings. The Kier molecular flexibility index (Phi) is 6.01. The zero-order valence-corrected chi connectivity index (χ0v) is 17.2. The van der Waals surface area contributed by atoms with Gasteiger partial charge in [0.2, 0.25) is 0 Å².